The van der Waals surface area contributed by atoms with Crippen LogP contribution in [0.4, 0.5) is 5.69 Å². The third kappa shape index (κ3) is 2.42. The fourth-order valence-corrected chi connectivity index (χ4v) is 3.56. The van der Waals surface area contributed by atoms with Crippen LogP contribution < -0.4 is 10.9 Å². The van der Waals surface area contributed by atoms with Crippen LogP contribution in [0.2, 0.25) is 5.02 Å². The summed E-state index contributed by atoms with van der Waals surface area (Å²) >= 11 is 5.99. The highest BCUT2D eigenvalue weighted by atomic mass is 35.5. The fourth-order valence-electron chi connectivity index (χ4n) is 3.44. The maximum atomic E-state index is 13.3. The molecule has 1 atom stereocenters. The number of rotatable bonds is 2. The zero-order valence-corrected chi connectivity index (χ0v) is 15.5. The summed E-state index contributed by atoms with van der Waals surface area (Å²) in [5.41, 5.74) is 2.72. The smallest absolute Gasteiger partial charge is 0.265 e. The summed E-state index contributed by atoms with van der Waals surface area (Å²) in [4.78, 5) is 30.2. The Kier molecular flexibility index (Phi) is 3.84. The summed E-state index contributed by atoms with van der Waals surface area (Å²) in [5.74, 6) is 0.290. The minimum Gasteiger partial charge on any atom is -0.325 e. The van der Waals surface area contributed by atoms with Crippen LogP contribution >= 0.6 is 11.6 Å². The minimum atomic E-state index is -0.327. The molecule has 1 aromatic heterocycles. The van der Waals surface area contributed by atoms with Gasteiger partial charge in [0.15, 0.2) is 0 Å². The summed E-state index contributed by atoms with van der Waals surface area (Å²) in [6.07, 6.45) is 0. The number of nitrogens with one attached hydrogen (secondary N) is 1. The molecule has 1 amide bonds. The van der Waals surface area contributed by atoms with Gasteiger partial charge in [0, 0.05) is 22.2 Å². The first kappa shape index (κ1) is 16.8. The van der Waals surface area contributed by atoms with Crippen molar-refractivity contribution in [2.75, 3.05) is 5.32 Å². The second-order valence-corrected chi connectivity index (χ2v) is 7.31. The van der Waals surface area contributed by atoms with E-state index in [4.69, 9.17) is 16.6 Å². The van der Waals surface area contributed by atoms with E-state index >= 15 is 0 Å². The van der Waals surface area contributed by atoms with Crippen molar-refractivity contribution in [1.29, 1.82) is 0 Å². The lowest BCUT2D eigenvalue weighted by Gasteiger charge is -2.17. The maximum absolute atomic E-state index is 13.3. The topological polar surface area (TPSA) is 64.0 Å². The Balaban J connectivity index is 2.09. The molecule has 0 spiro atoms. The lowest BCUT2D eigenvalue weighted by molar-refractivity contribution is -0.116. The number of carbonyl (C=O) groups is 1. The number of hydrogen-bond donors (Lipinski definition) is 1. The van der Waals surface area contributed by atoms with Gasteiger partial charge < -0.3 is 5.32 Å². The van der Waals surface area contributed by atoms with Crippen molar-refractivity contribution in [2.24, 2.45) is 0 Å². The Morgan fingerprint density at radius 3 is 2.46 bits per heavy atom. The molecule has 1 aliphatic rings. The van der Waals surface area contributed by atoms with Crippen LogP contribution in [0.5, 0.6) is 0 Å². The molecule has 0 aliphatic carbocycles. The minimum absolute atomic E-state index is 0.0269. The number of hydrogen-bond acceptors (Lipinski definition) is 3. The normalized spacial score (nSPS) is 16.2. The number of carbonyl (C=O) groups excluding carboxylic acids is 1. The van der Waals surface area contributed by atoms with E-state index in [-0.39, 0.29) is 23.3 Å². The number of aromatic nitrogens is 2. The summed E-state index contributed by atoms with van der Waals surface area (Å²) < 4.78 is 1.63. The molecule has 1 unspecified atom stereocenters. The van der Waals surface area contributed by atoms with Crippen LogP contribution in [-0.2, 0) is 4.79 Å². The Morgan fingerprint density at radius 2 is 1.81 bits per heavy atom. The molecule has 0 bridgehead atoms. The second-order valence-electron chi connectivity index (χ2n) is 6.88. The van der Waals surface area contributed by atoms with Crippen LogP contribution in [0, 0.1) is 0 Å². The van der Waals surface area contributed by atoms with Crippen molar-refractivity contribution < 1.29 is 4.79 Å². The zero-order chi connectivity index (χ0) is 18.6. The second kappa shape index (κ2) is 5.95. The molecule has 2 heterocycles. The standard InChI is InChI=1S/C20H18ClN3O2/c1-10(2)18-23-17-14(8-9-15-16(17)11(3)19(25)22-15)20(26)24(18)13-6-4-12(21)5-7-13/h4-11H,1-3H3,(H,22,25). The van der Waals surface area contributed by atoms with Crippen molar-refractivity contribution in [3.63, 3.8) is 0 Å². The molecule has 1 N–H and O–H groups in total. The van der Waals surface area contributed by atoms with E-state index in [1.807, 2.05) is 32.9 Å². The van der Waals surface area contributed by atoms with E-state index in [2.05, 4.69) is 5.32 Å². The maximum Gasteiger partial charge on any atom is 0.265 e. The van der Waals surface area contributed by atoms with Crippen molar-refractivity contribution in [3.8, 4) is 5.69 Å². The molecule has 6 heteroatoms. The molecule has 5 nitrogen and oxygen atoms in total. The van der Waals surface area contributed by atoms with Gasteiger partial charge in [0.2, 0.25) is 5.91 Å². The Hall–Kier alpha value is -2.66. The van der Waals surface area contributed by atoms with Crippen LogP contribution in [0.25, 0.3) is 16.6 Å². The predicted molar refractivity (Wildman–Crippen MR) is 103 cm³/mol. The number of nitrogens with zero attached hydrogens (tertiary/aromatic N) is 2. The quantitative estimate of drug-likeness (QED) is 0.737. The van der Waals surface area contributed by atoms with E-state index in [0.29, 0.717) is 21.7 Å². The largest absolute Gasteiger partial charge is 0.325 e. The average Bonchev–Trinajstić information content (AvgIpc) is 2.90. The summed E-state index contributed by atoms with van der Waals surface area (Å²) in [7, 11) is 0. The third-order valence-electron chi connectivity index (χ3n) is 4.79. The van der Waals surface area contributed by atoms with Gasteiger partial charge in [-0.05, 0) is 43.3 Å². The molecule has 0 radical (unpaired) electrons. The molecule has 26 heavy (non-hydrogen) atoms. The van der Waals surface area contributed by atoms with Gasteiger partial charge in [-0.3, -0.25) is 14.2 Å². The highest BCUT2D eigenvalue weighted by Gasteiger charge is 2.30. The molecule has 4 rings (SSSR count). The van der Waals surface area contributed by atoms with Crippen molar-refractivity contribution >= 4 is 34.1 Å². The number of halogens is 1. The molecule has 3 aromatic rings. The lowest BCUT2D eigenvalue weighted by atomic mass is 9.99. The van der Waals surface area contributed by atoms with Crippen molar-refractivity contribution in [3.05, 3.63) is 63.2 Å². The zero-order valence-electron chi connectivity index (χ0n) is 14.7. The molecule has 0 saturated heterocycles. The van der Waals surface area contributed by atoms with Crippen LogP contribution in [0.15, 0.2) is 41.2 Å². The number of fused-ring (bicyclic) bond motifs is 3. The predicted octanol–water partition coefficient (Wildman–Crippen LogP) is 4.22. The van der Waals surface area contributed by atoms with E-state index < -0.39 is 0 Å². The van der Waals surface area contributed by atoms with Crippen molar-refractivity contribution in [2.45, 2.75) is 32.6 Å². The molecule has 132 valence electrons. The highest BCUT2D eigenvalue weighted by Crippen LogP contribution is 2.37. The first-order valence-corrected chi connectivity index (χ1v) is 8.92. The first-order valence-electron chi connectivity index (χ1n) is 8.55. The van der Waals surface area contributed by atoms with Gasteiger partial charge in [0.25, 0.3) is 5.56 Å². The fraction of sp³-hybridized carbons (Fsp3) is 0.250. The molecule has 0 saturated carbocycles. The summed E-state index contributed by atoms with van der Waals surface area (Å²) in [6, 6.07) is 10.6. The number of amides is 1. The van der Waals surface area contributed by atoms with Gasteiger partial charge in [0.1, 0.15) is 5.82 Å². The van der Waals surface area contributed by atoms with Gasteiger partial charge >= 0.3 is 0 Å². The van der Waals surface area contributed by atoms with Crippen LogP contribution in [0.3, 0.4) is 0 Å². The Labute approximate surface area is 155 Å². The Bertz CT molecular complexity index is 1100. The van der Waals surface area contributed by atoms with Gasteiger partial charge in [-0.15, -0.1) is 0 Å². The summed E-state index contributed by atoms with van der Waals surface area (Å²) in [6.45, 7) is 5.83. The van der Waals surface area contributed by atoms with Crippen LogP contribution in [-0.4, -0.2) is 15.5 Å². The van der Waals surface area contributed by atoms with Gasteiger partial charge in [-0.2, -0.15) is 0 Å². The van der Waals surface area contributed by atoms with Gasteiger partial charge in [-0.1, -0.05) is 25.4 Å². The molecule has 1 aliphatic heterocycles. The number of benzene rings is 2. The van der Waals surface area contributed by atoms with E-state index in [1.165, 1.54) is 0 Å². The van der Waals surface area contributed by atoms with Crippen molar-refractivity contribution in [1.82, 2.24) is 9.55 Å². The Morgan fingerprint density at radius 1 is 1.12 bits per heavy atom. The number of anilines is 1. The monoisotopic (exact) mass is 367 g/mol. The molecular formula is C20H18ClN3O2. The van der Waals surface area contributed by atoms with Gasteiger partial charge in [-0.25, -0.2) is 4.98 Å². The summed E-state index contributed by atoms with van der Waals surface area (Å²) in [5, 5.41) is 3.97. The van der Waals surface area contributed by atoms with E-state index in [9.17, 15) is 9.59 Å². The average molecular weight is 368 g/mol. The highest BCUT2D eigenvalue weighted by molar-refractivity contribution is 6.30. The third-order valence-corrected chi connectivity index (χ3v) is 5.04. The van der Waals surface area contributed by atoms with E-state index in [1.54, 1.807) is 28.8 Å². The first-order chi connectivity index (χ1) is 12.4. The van der Waals surface area contributed by atoms with E-state index in [0.717, 1.165) is 16.9 Å². The SMILES string of the molecule is CC(C)c1nc2c3c(ccc2c(=O)n1-c1ccc(Cl)cc1)NC(=O)C3C. The molecular weight excluding hydrogens is 350 g/mol. The lowest BCUT2D eigenvalue weighted by Crippen LogP contribution is -2.25. The molecule has 2 aromatic carbocycles. The van der Waals surface area contributed by atoms with Gasteiger partial charge in [0.05, 0.1) is 22.5 Å². The van der Waals surface area contributed by atoms with Crippen LogP contribution in [0.1, 0.15) is 44.0 Å². The molecule has 0 fully saturated rings.